The molecule has 7 heteroatoms. The van der Waals surface area contributed by atoms with E-state index in [0.29, 0.717) is 26.1 Å². The molecule has 98 valence electrons. The van der Waals surface area contributed by atoms with Gasteiger partial charge in [-0.15, -0.1) is 0 Å². The van der Waals surface area contributed by atoms with E-state index in [4.69, 9.17) is 10.5 Å². The maximum Gasteiger partial charge on any atom is 0.239 e. The molecule has 0 spiro atoms. The fourth-order valence-electron chi connectivity index (χ4n) is 1.50. The molecule has 0 atom stereocenters. The van der Waals surface area contributed by atoms with Crippen LogP contribution in [0.25, 0.3) is 0 Å². The van der Waals surface area contributed by atoms with E-state index in [1.807, 2.05) is 0 Å². The van der Waals surface area contributed by atoms with Crippen molar-refractivity contribution in [3.63, 3.8) is 0 Å². The number of amides is 2. The summed E-state index contributed by atoms with van der Waals surface area (Å²) in [6.07, 6.45) is 1.00. The summed E-state index contributed by atoms with van der Waals surface area (Å²) in [5, 5.41) is 15.0. The number of rotatable bonds is 5. The molecule has 0 aromatic carbocycles. The minimum atomic E-state index is -0.897. The standard InChI is InChI=1S/C10H19N3O4/c11-5-8(14)12-6-9(15)13-7-10(16)1-3-17-4-2-10/h16H,1-7,11H2,(H,12,14)(H,13,15). The van der Waals surface area contributed by atoms with Gasteiger partial charge in [0.15, 0.2) is 0 Å². The van der Waals surface area contributed by atoms with Crippen molar-refractivity contribution in [2.75, 3.05) is 32.8 Å². The van der Waals surface area contributed by atoms with Gasteiger partial charge in [0.2, 0.25) is 11.8 Å². The van der Waals surface area contributed by atoms with Gasteiger partial charge in [-0.2, -0.15) is 0 Å². The minimum absolute atomic E-state index is 0.122. The average Bonchev–Trinajstić information content (AvgIpc) is 2.34. The summed E-state index contributed by atoms with van der Waals surface area (Å²) in [5.41, 5.74) is 4.18. The van der Waals surface area contributed by atoms with E-state index in [1.165, 1.54) is 0 Å². The van der Waals surface area contributed by atoms with Crippen LogP contribution in [-0.4, -0.2) is 55.4 Å². The number of carbonyl (C=O) groups is 2. The summed E-state index contributed by atoms with van der Waals surface area (Å²) in [4.78, 5) is 22.1. The van der Waals surface area contributed by atoms with Gasteiger partial charge >= 0.3 is 0 Å². The van der Waals surface area contributed by atoms with Gasteiger partial charge in [0.1, 0.15) is 0 Å². The lowest BCUT2D eigenvalue weighted by Crippen LogP contribution is -2.49. The third-order valence-corrected chi connectivity index (χ3v) is 2.67. The predicted molar refractivity (Wildman–Crippen MR) is 60.1 cm³/mol. The highest BCUT2D eigenvalue weighted by atomic mass is 16.5. The third-order valence-electron chi connectivity index (χ3n) is 2.67. The molecule has 1 heterocycles. The molecule has 1 rings (SSSR count). The molecule has 5 N–H and O–H groups in total. The van der Waals surface area contributed by atoms with Gasteiger partial charge in [0, 0.05) is 32.6 Å². The second-order valence-electron chi connectivity index (χ2n) is 4.09. The molecule has 7 nitrogen and oxygen atoms in total. The second kappa shape index (κ2) is 6.53. The van der Waals surface area contributed by atoms with Crippen LogP contribution in [0.4, 0.5) is 0 Å². The molecule has 1 fully saturated rings. The Morgan fingerprint density at radius 3 is 2.47 bits per heavy atom. The molecule has 1 saturated heterocycles. The molecule has 0 aliphatic carbocycles. The van der Waals surface area contributed by atoms with Crippen LogP contribution in [0.2, 0.25) is 0 Å². The summed E-state index contributed by atoms with van der Waals surface area (Å²) in [6, 6.07) is 0. The van der Waals surface area contributed by atoms with Gasteiger partial charge in [0.25, 0.3) is 0 Å². The van der Waals surface area contributed by atoms with E-state index in [9.17, 15) is 14.7 Å². The van der Waals surface area contributed by atoms with Crippen LogP contribution in [0.3, 0.4) is 0 Å². The van der Waals surface area contributed by atoms with Crippen LogP contribution >= 0.6 is 0 Å². The number of carbonyl (C=O) groups excluding carboxylic acids is 2. The second-order valence-corrected chi connectivity index (χ2v) is 4.09. The zero-order chi connectivity index (χ0) is 12.7. The van der Waals surface area contributed by atoms with Gasteiger partial charge in [0.05, 0.1) is 18.7 Å². The molecular formula is C10H19N3O4. The summed E-state index contributed by atoms with van der Waals surface area (Å²) in [7, 11) is 0. The monoisotopic (exact) mass is 245 g/mol. The van der Waals surface area contributed by atoms with Crippen molar-refractivity contribution in [1.82, 2.24) is 10.6 Å². The number of hydrogen-bond acceptors (Lipinski definition) is 5. The van der Waals surface area contributed by atoms with Crippen molar-refractivity contribution in [2.45, 2.75) is 18.4 Å². The number of ether oxygens (including phenoxy) is 1. The minimum Gasteiger partial charge on any atom is -0.388 e. The SMILES string of the molecule is NCC(=O)NCC(=O)NCC1(O)CCOCC1. The number of nitrogens with two attached hydrogens (primary N) is 1. The highest BCUT2D eigenvalue weighted by molar-refractivity contribution is 5.85. The lowest BCUT2D eigenvalue weighted by molar-refractivity contribution is -0.126. The van der Waals surface area contributed by atoms with E-state index < -0.39 is 5.60 Å². The van der Waals surface area contributed by atoms with Gasteiger partial charge in [-0.25, -0.2) is 0 Å². The van der Waals surface area contributed by atoms with Gasteiger partial charge in [-0.05, 0) is 0 Å². The van der Waals surface area contributed by atoms with Crippen LogP contribution in [0, 0.1) is 0 Å². The van der Waals surface area contributed by atoms with Crippen LogP contribution in [0.5, 0.6) is 0 Å². The first-order valence-electron chi connectivity index (χ1n) is 5.59. The molecule has 17 heavy (non-hydrogen) atoms. The molecule has 0 radical (unpaired) electrons. The molecule has 0 aromatic heterocycles. The molecule has 1 aliphatic heterocycles. The molecule has 0 aromatic rings. The quantitative estimate of drug-likeness (QED) is 0.436. The molecular weight excluding hydrogens is 226 g/mol. The first-order chi connectivity index (χ1) is 8.06. The largest absolute Gasteiger partial charge is 0.388 e. The van der Waals surface area contributed by atoms with Crippen LogP contribution in [-0.2, 0) is 14.3 Å². The molecule has 0 saturated carbocycles. The average molecular weight is 245 g/mol. The van der Waals surface area contributed by atoms with Crippen molar-refractivity contribution in [2.24, 2.45) is 5.73 Å². The lowest BCUT2D eigenvalue weighted by atomic mass is 9.94. The summed E-state index contributed by atoms with van der Waals surface area (Å²) < 4.78 is 5.12. The van der Waals surface area contributed by atoms with Crippen molar-refractivity contribution in [3.05, 3.63) is 0 Å². The van der Waals surface area contributed by atoms with Gasteiger partial charge in [-0.1, -0.05) is 0 Å². The van der Waals surface area contributed by atoms with E-state index >= 15 is 0 Å². The van der Waals surface area contributed by atoms with Gasteiger partial charge < -0.3 is 26.2 Å². The zero-order valence-electron chi connectivity index (χ0n) is 9.70. The Hall–Kier alpha value is -1.18. The topological polar surface area (TPSA) is 114 Å². The molecule has 0 unspecified atom stereocenters. The number of hydrogen-bond donors (Lipinski definition) is 4. The van der Waals surface area contributed by atoms with E-state index in [2.05, 4.69) is 10.6 Å². The first kappa shape index (κ1) is 13.9. The molecule has 1 aliphatic rings. The highest BCUT2D eigenvalue weighted by Crippen LogP contribution is 2.18. The maximum absolute atomic E-state index is 11.3. The Kier molecular flexibility index (Phi) is 5.33. The van der Waals surface area contributed by atoms with E-state index in [-0.39, 0.29) is 31.4 Å². The Labute approximate surface area is 99.7 Å². The normalized spacial score (nSPS) is 18.5. The Bertz CT molecular complexity index is 277. The fraction of sp³-hybridized carbons (Fsp3) is 0.800. The number of aliphatic hydroxyl groups is 1. The Balaban J connectivity index is 2.20. The lowest BCUT2D eigenvalue weighted by Gasteiger charge is -2.32. The summed E-state index contributed by atoms with van der Waals surface area (Å²) in [5.74, 6) is -0.725. The van der Waals surface area contributed by atoms with Crippen molar-refractivity contribution in [1.29, 1.82) is 0 Å². The van der Waals surface area contributed by atoms with Gasteiger partial charge in [-0.3, -0.25) is 9.59 Å². The maximum atomic E-state index is 11.3. The van der Waals surface area contributed by atoms with E-state index in [1.54, 1.807) is 0 Å². The van der Waals surface area contributed by atoms with Crippen LogP contribution < -0.4 is 16.4 Å². The Morgan fingerprint density at radius 1 is 1.24 bits per heavy atom. The van der Waals surface area contributed by atoms with Crippen molar-refractivity contribution < 1.29 is 19.4 Å². The predicted octanol–water partition coefficient (Wildman–Crippen LogP) is -2.28. The van der Waals surface area contributed by atoms with Crippen molar-refractivity contribution in [3.8, 4) is 0 Å². The third kappa shape index (κ3) is 5.12. The molecule has 2 amide bonds. The van der Waals surface area contributed by atoms with Crippen LogP contribution in [0.1, 0.15) is 12.8 Å². The summed E-state index contributed by atoms with van der Waals surface area (Å²) >= 11 is 0. The molecule has 0 bridgehead atoms. The highest BCUT2D eigenvalue weighted by Gasteiger charge is 2.29. The Morgan fingerprint density at radius 2 is 1.88 bits per heavy atom. The van der Waals surface area contributed by atoms with Crippen LogP contribution in [0.15, 0.2) is 0 Å². The summed E-state index contributed by atoms with van der Waals surface area (Å²) in [6.45, 7) is 0.900. The fourth-order valence-corrected chi connectivity index (χ4v) is 1.50. The zero-order valence-corrected chi connectivity index (χ0v) is 9.70. The smallest absolute Gasteiger partial charge is 0.239 e. The first-order valence-corrected chi connectivity index (χ1v) is 5.59. The van der Waals surface area contributed by atoms with Crippen molar-refractivity contribution >= 4 is 11.8 Å². The van der Waals surface area contributed by atoms with E-state index in [0.717, 1.165) is 0 Å². The number of nitrogens with one attached hydrogen (secondary N) is 2.